The molecule has 0 N–H and O–H groups in total. The normalized spacial score (nSPS) is 38.9. The van der Waals surface area contributed by atoms with Crippen molar-refractivity contribution in [1.29, 1.82) is 0 Å². The van der Waals surface area contributed by atoms with E-state index in [1.807, 2.05) is 0 Å². The van der Waals surface area contributed by atoms with Crippen molar-refractivity contribution in [2.24, 2.45) is 17.8 Å². The molecule has 3 unspecified atom stereocenters. The van der Waals surface area contributed by atoms with Crippen LogP contribution in [0.25, 0.3) is 0 Å². The highest BCUT2D eigenvalue weighted by Crippen LogP contribution is 2.54. The maximum absolute atomic E-state index is 11.5. The number of fused-ring (bicyclic) bond motifs is 2. The summed E-state index contributed by atoms with van der Waals surface area (Å²) in [6.07, 6.45) is 4.91. The van der Waals surface area contributed by atoms with E-state index >= 15 is 0 Å². The van der Waals surface area contributed by atoms with Gasteiger partial charge in [-0.15, -0.1) is 0 Å². The number of allylic oxidation sites excluding steroid dienone is 2. The van der Waals surface area contributed by atoms with Gasteiger partial charge < -0.3 is 0 Å². The van der Waals surface area contributed by atoms with E-state index in [4.69, 9.17) is 0 Å². The van der Waals surface area contributed by atoms with Gasteiger partial charge in [0.05, 0.1) is 0 Å². The molecule has 2 fully saturated rings. The molecule has 2 saturated carbocycles. The summed E-state index contributed by atoms with van der Waals surface area (Å²) in [4.78, 5) is 11.5. The van der Waals surface area contributed by atoms with Gasteiger partial charge in [-0.3, -0.25) is 4.79 Å². The first-order chi connectivity index (χ1) is 6.65. The zero-order valence-electron chi connectivity index (χ0n) is 9.47. The average Bonchev–Trinajstić information content (AvgIpc) is 2.73. The summed E-state index contributed by atoms with van der Waals surface area (Å²) in [5.74, 6) is 2.16. The quantitative estimate of drug-likeness (QED) is 0.613. The molecule has 0 aliphatic heterocycles. The molecule has 14 heavy (non-hydrogen) atoms. The Hall–Kier alpha value is -0.590. The molecular formula is C13H20O. The third kappa shape index (κ3) is 1.34. The minimum absolute atomic E-state index is 0.366. The van der Waals surface area contributed by atoms with Gasteiger partial charge in [-0.05, 0) is 51.4 Å². The Balaban J connectivity index is 2.29. The molecule has 78 valence electrons. The first kappa shape index (κ1) is 9.95. The first-order valence-electron chi connectivity index (χ1n) is 5.85. The minimum Gasteiger partial charge on any atom is -0.300 e. The number of Topliss-reactive ketones (excluding diaryl/α,β-unsaturated/α-hetero) is 1. The number of hydrogen-bond donors (Lipinski definition) is 0. The van der Waals surface area contributed by atoms with Crippen LogP contribution < -0.4 is 0 Å². The van der Waals surface area contributed by atoms with Crippen molar-refractivity contribution in [2.75, 3.05) is 0 Å². The summed E-state index contributed by atoms with van der Waals surface area (Å²) in [6.45, 7) is 6.25. The monoisotopic (exact) mass is 192 g/mol. The summed E-state index contributed by atoms with van der Waals surface area (Å²) in [5.41, 5.74) is 3.22. The number of rotatable bonds is 2. The molecule has 2 rings (SSSR count). The van der Waals surface area contributed by atoms with Crippen LogP contribution in [0.2, 0.25) is 0 Å². The largest absolute Gasteiger partial charge is 0.300 e. The van der Waals surface area contributed by atoms with Crippen molar-refractivity contribution < 1.29 is 4.79 Å². The van der Waals surface area contributed by atoms with E-state index in [0.29, 0.717) is 17.6 Å². The molecule has 3 atom stereocenters. The molecule has 1 nitrogen and oxygen atoms in total. The second kappa shape index (κ2) is 3.52. The average molecular weight is 192 g/mol. The highest BCUT2D eigenvalue weighted by molar-refractivity contribution is 5.80. The van der Waals surface area contributed by atoms with Crippen LogP contribution in [0, 0.1) is 17.8 Å². The molecule has 0 aromatic heterocycles. The van der Waals surface area contributed by atoms with E-state index in [1.165, 1.54) is 12.8 Å². The van der Waals surface area contributed by atoms with E-state index in [2.05, 4.69) is 13.8 Å². The van der Waals surface area contributed by atoms with Gasteiger partial charge in [0, 0.05) is 5.92 Å². The van der Waals surface area contributed by atoms with Gasteiger partial charge in [0.15, 0.2) is 0 Å². The Morgan fingerprint density at radius 1 is 1.36 bits per heavy atom. The Bertz CT molecular complexity index is 288. The lowest BCUT2D eigenvalue weighted by molar-refractivity contribution is -0.122. The van der Waals surface area contributed by atoms with Crippen molar-refractivity contribution >= 4 is 5.78 Å². The Morgan fingerprint density at radius 3 is 2.57 bits per heavy atom. The lowest BCUT2D eigenvalue weighted by Crippen LogP contribution is -2.18. The number of hydrogen-bond acceptors (Lipinski definition) is 1. The Morgan fingerprint density at radius 2 is 2.07 bits per heavy atom. The van der Waals surface area contributed by atoms with Crippen LogP contribution in [0.1, 0.15) is 46.5 Å². The molecule has 2 aliphatic carbocycles. The molecule has 0 heterocycles. The molecule has 1 heteroatoms. The van der Waals surface area contributed by atoms with Crippen LogP contribution in [-0.2, 0) is 4.79 Å². The van der Waals surface area contributed by atoms with E-state index in [0.717, 1.165) is 18.8 Å². The minimum atomic E-state index is 0.366. The molecule has 0 spiro atoms. The van der Waals surface area contributed by atoms with Crippen molar-refractivity contribution in [3.63, 3.8) is 0 Å². The van der Waals surface area contributed by atoms with Crippen LogP contribution in [0.15, 0.2) is 11.1 Å². The maximum atomic E-state index is 11.5. The highest BCUT2D eigenvalue weighted by Gasteiger charge is 2.46. The second-order valence-corrected chi connectivity index (χ2v) is 4.92. The summed E-state index contributed by atoms with van der Waals surface area (Å²) < 4.78 is 0. The molecule has 0 amide bonds. The summed E-state index contributed by atoms with van der Waals surface area (Å²) in [7, 11) is 0. The van der Waals surface area contributed by atoms with Crippen molar-refractivity contribution in [2.45, 2.75) is 46.5 Å². The van der Waals surface area contributed by atoms with Crippen LogP contribution in [0.5, 0.6) is 0 Å². The van der Waals surface area contributed by atoms with E-state index < -0.39 is 0 Å². The van der Waals surface area contributed by atoms with Crippen molar-refractivity contribution in [3.05, 3.63) is 11.1 Å². The number of carbonyl (C=O) groups excluding carboxylic acids is 1. The molecule has 2 bridgehead atoms. The van der Waals surface area contributed by atoms with Gasteiger partial charge in [-0.1, -0.05) is 18.1 Å². The molecule has 0 aromatic carbocycles. The fourth-order valence-corrected chi connectivity index (χ4v) is 3.45. The molecule has 0 radical (unpaired) electrons. The lowest BCUT2D eigenvalue weighted by atomic mass is 9.86. The smallest absolute Gasteiger partial charge is 0.133 e. The van der Waals surface area contributed by atoms with Gasteiger partial charge >= 0.3 is 0 Å². The van der Waals surface area contributed by atoms with Gasteiger partial charge in [0.2, 0.25) is 0 Å². The van der Waals surface area contributed by atoms with Gasteiger partial charge in [-0.25, -0.2) is 0 Å². The zero-order chi connectivity index (χ0) is 10.3. The van der Waals surface area contributed by atoms with E-state index in [1.54, 1.807) is 18.1 Å². The highest BCUT2D eigenvalue weighted by atomic mass is 16.1. The lowest BCUT2D eigenvalue weighted by Gasteiger charge is -2.17. The summed E-state index contributed by atoms with van der Waals surface area (Å²) in [6, 6.07) is 0. The third-order valence-electron chi connectivity index (χ3n) is 4.23. The van der Waals surface area contributed by atoms with E-state index in [-0.39, 0.29) is 0 Å². The third-order valence-corrected chi connectivity index (χ3v) is 4.23. The summed E-state index contributed by atoms with van der Waals surface area (Å²) >= 11 is 0. The zero-order valence-corrected chi connectivity index (χ0v) is 9.47. The van der Waals surface area contributed by atoms with Crippen LogP contribution >= 0.6 is 0 Å². The SMILES string of the molecule is CCC(C)=C1C2CCC1C(C(C)=O)C2. The topological polar surface area (TPSA) is 17.1 Å². The number of ketones is 1. The standard InChI is InChI=1S/C13H20O/c1-4-8(2)13-10-5-6-11(13)12(7-10)9(3)14/h10-12H,4-7H2,1-3H3. The maximum Gasteiger partial charge on any atom is 0.133 e. The fraction of sp³-hybridized carbons (Fsp3) is 0.769. The summed E-state index contributed by atoms with van der Waals surface area (Å²) in [5, 5.41) is 0. The predicted octanol–water partition coefficient (Wildman–Crippen LogP) is 3.35. The van der Waals surface area contributed by atoms with Crippen LogP contribution in [-0.4, -0.2) is 5.78 Å². The Labute approximate surface area is 86.6 Å². The Kier molecular flexibility index (Phi) is 2.50. The van der Waals surface area contributed by atoms with Crippen molar-refractivity contribution in [1.82, 2.24) is 0 Å². The fourth-order valence-electron chi connectivity index (χ4n) is 3.45. The van der Waals surface area contributed by atoms with Gasteiger partial charge in [0.1, 0.15) is 5.78 Å². The van der Waals surface area contributed by atoms with Crippen LogP contribution in [0.3, 0.4) is 0 Å². The molecule has 0 aromatic rings. The molecule has 2 aliphatic rings. The molecular weight excluding hydrogens is 172 g/mol. The van der Waals surface area contributed by atoms with Crippen LogP contribution in [0.4, 0.5) is 0 Å². The number of carbonyl (C=O) groups is 1. The van der Waals surface area contributed by atoms with Gasteiger partial charge in [0.25, 0.3) is 0 Å². The van der Waals surface area contributed by atoms with Crippen molar-refractivity contribution in [3.8, 4) is 0 Å². The molecule has 0 saturated heterocycles. The van der Waals surface area contributed by atoms with E-state index in [9.17, 15) is 4.79 Å². The predicted molar refractivity (Wildman–Crippen MR) is 58.0 cm³/mol. The first-order valence-corrected chi connectivity index (χ1v) is 5.85. The second-order valence-electron chi connectivity index (χ2n) is 4.92. The van der Waals surface area contributed by atoms with Gasteiger partial charge in [-0.2, -0.15) is 0 Å².